The number of rotatable bonds is 2. The average Bonchev–Trinajstić information content (AvgIpc) is 2.46. The van der Waals surface area contributed by atoms with Gasteiger partial charge >= 0.3 is 0 Å². The van der Waals surface area contributed by atoms with Crippen molar-refractivity contribution in [2.24, 2.45) is 0 Å². The van der Waals surface area contributed by atoms with E-state index in [4.69, 9.17) is 4.74 Å². The summed E-state index contributed by atoms with van der Waals surface area (Å²) in [5.41, 5.74) is 0. The number of ether oxygens (including phenoxy) is 1. The first kappa shape index (κ1) is 14.8. The molecule has 0 aromatic heterocycles. The predicted molar refractivity (Wildman–Crippen MR) is 71.3 cm³/mol. The van der Waals surface area contributed by atoms with Crippen LogP contribution in [0, 0.1) is 11.6 Å². The number of hydrogen-bond donors (Lipinski definition) is 0. The normalized spacial score (nSPS) is 24.8. The maximum atomic E-state index is 13.8. The van der Waals surface area contributed by atoms with E-state index in [-0.39, 0.29) is 12.6 Å². The van der Waals surface area contributed by atoms with Crippen LogP contribution in [-0.4, -0.2) is 63.1 Å². The Hall–Kier alpha value is -1.09. The Bertz CT molecular complexity index is 638. The molecule has 2 aliphatic rings. The van der Waals surface area contributed by atoms with Crippen LogP contribution in [0.25, 0.3) is 0 Å². The number of piperazine rings is 1. The average molecular weight is 318 g/mol. The van der Waals surface area contributed by atoms with Crippen molar-refractivity contribution in [3.8, 4) is 0 Å². The van der Waals surface area contributed by atoms with Gasteiger partial charge in [0.15, 0.2) is 0 Å². The molecule has 116 valence electrons. The van der Waals surface area contributed by atoms with Gasteiger partial charge in [0.1, 0.15) is 16.5 Å². The number of nitrogens with zero attached hydrogens (tertiary/aromatic N) is 2. The second-order valence-electron chi connectivity index (χ2n) is 5.20. The number of sulfonamides is 1. The van der Waals surface area contributed by atoms with E-state index in [1.807, 2.05) is 0 Å². The summed E-state index contributed by atoms with van der Waals surface area (Å²) in [4.78, 5) is 1.70. The van der Waals surface area contributed by atoms with Crippen LogP contribution in [0.15, 0.2) is 23.1 Å². The minimum Gasteiger partial charge on any atom is -0.378 e. The zero-order chi connectivity index (χ0) is 15.0. The Balaban J connectivity index is 1.85. The number of fused-ring (bicyclic) bond motifs is 1. The fourth-order valence-corrected chi connectivity index (χ4v) is 4.27. The SMILES string of the molecule is O=S(=O)(c1ccc(F)cc1F)N1CCN2CCOC[C@H]2C1. The molecule has 2 fully saturated rings. The maximum absolute atomic E-state index is 13.8. The highest BCUT2D eigenvalue weighted by atomic mass is 32.2. The Morgan fingerprint density at radius 3 is 2.76 bits per heavy atom. The third-order valence-electron chi connectivity index (χ3n) is 3.91. The van der Waals surface area contributed by atoms with E-state index in [1.165, 1.54) is 4.31 Å². The molecule has 8 heteroatoms. The van der Waals surface area contributed by atoms with E-state index in [1.54, 1.807) is 0 Å². The fraction of sp³-hybridized carbons (Fsp3) is 0.538. The molecule has 0 unspecified atom stereocenters. The second kappa shape index (κ2) is 5.60. The first-order chi connectivity index (χ1) is 9.98. The lowest BCUT2D eigenvalue weighted by molar-refractivity contribution is -0.0305. The Kier molecular flexibility index (Phi) is 3.96. The summed E-state index contributed by atoms with van der Waals surface area (Å²) in [6.45, 7) is 3.06. The van der Waals surface area contributed by atoms with E-state index >= 15 is 0 Å². The molecule has 0 saturated carbocycles. The molecule has 0 N–H and O–H groups in total. The molecule has 1 aromatic rings. The number of benzene rings is 1. The summed E-state index contributed by atoms with van der Waals surface area (Å²) in [5.74, 6) is -1.85. The zero-order valence-electron chi connectivity index (χ0n) is 11.3. The van der Waals surface area contributed by atoms with E-state index in [0.29, 0.717) is 32.4 Å². The van der Waals surface area contributed by atoms with Crippen molar-refractivity contribution < 1.29 is 21.9 Å². The van der Waals surface area contributed by atoms with Crippen molar-refractivity contribution in [3.63, 3.8) is 0 Å². The van der Waals surface area contributed by atoms with Gasteiger partial charge in [0.05, 0.1) is 13.2 Å². The Morgan fingerprint density at radius 2 is 2.00 bits per heavy atom. The van der Waals surface area contributed by atoms with Crippen LogP contribution in [0.2, 0.25) is 0 Å². The molecule has 0 spiro atoms. The quantitative estimate of drug-likeness (QED) is 0.804. The molecule has 0 aliphatic carbocycles. The maximum Gasteiger partial charge on any atom is 0.246 e. The molecule has 2 aliphatic heterocycles. The predicted octanol–water partition coefficient (Wildman–Crippen LogP) is 0.670. The minimum absolute atomic E-state index is 0.00853. The molecule has 0 amide bonds. The van der Waals surface area contributed by atoms with Gasteiger partial charge in [0.2, 0.25) is 10.0 Å². The summed E-state index contributed by atoms with van der Waals surface area (Å²) in [6, 6.07) is 2.51. The van der Waals surface area contributed by atoms with Gasteiger partial charge in [-0.2, -0.15) is 4.31 Å². The lowest BCUT2D eigenvalue weighted by Gasteiger charge is -2.43. The first-order valence-electron chi connectivity index (χ1n) is 6.75. The van der Waals surface area contributed by atoms with Gasteiger partial charge < -0.3 is 4.74 Å². The minimum atomic E-state index is -3.95. The second-order valence-corrected chi connectivity index (χ2v) is 7.11. The summed E-state index contributed by atoms with van der Waals surface area (Å²) < 4.78 is 58.3. The van der Waals surface area contributed by atoms with Crippen molar-refractivity contribution in [3.05, 3.63) is 29.8 Å². The number of halogens is 2. The molecule has 21 heavy (non-hydrogen) atoms. The van der Waals surface area contributed by atoms with Crippen LogP contribution in [0.1, 0.15) is 0 Å². The highest BCUT2D eigenvalue weighted by Gasteiger charge is 2.36. The van der Waals surface area contributed by atoms with Gasteiger partial charge in [0, 0.05) is 38.3 Å². The molecule has 1 aromatic carbocycles. The van der Waals surface area contributed by atoms with E-state index < -0.39 is 26.6 Å². The van der Waals surface area contributed by atoms with E-state index in [0.717, 1.165) is 18.7 Å². The van der Waals surface area contributed by atoms with Crippen molar-refractivity contribution in [2.75, 3.05) is 39.4 Å². The molecule has 3 rings (SSSR count). The molecule has 2 heterocycles. The van der Waals surface area contributed by atoms with Crippen LogP contribution in [0.3, 0.4) is 0 Å². The van der Waals surface area contributed by atoms with Crippen LogP contribution in [-0.2, 0) is 14.8 Å². The highest BCUT2D eigenvalue weighted by molar-refractivity contribution is 7.89. The van der Waals surface area contributed by atoms with E-state index in [9.17, 15) is 17.2 Å². The van der Waals surface area contributed by atoms with Gasteiger partial charge in [-0.15, -0.1) is 0 Å². The summed E-state index contributed by atoms with van der Waals surface area (Å²) in [6.07, 6.45) is 0. The molecule has 5 nitrogen and oxygen atoms in total. The van der Waals surface area contributed by atoms with Gasteiger partial charge in [-0.05, 0) is 12.1 Å². The van der Waals surface area contributed by atoms with Crippen LogP contribution < -0.4 is 0 Å². The Morgan fingerprint density at radius 1 is 1.19 bits per heavy atom. The van der Waals surface area contributed by atoms with Gasteiger partial charge in [-0.25, -0.2) is 17.2 Å². The smallest absolute Gasteiger partial charge is 0.246 e. The molecule has 0 bridgehead atoms. The lowest BCUT2D eigenvalue weighted by atomic mass is 10.2. The molecular formula is C13H16F2N2O3S. The number of hydrogen-bond acceptors (Lipinski definition) is 4. The topological polar surface area (TPSA) is 49.9 Å². The van der Waals surface area contributed by atoms with Crippen LogP contribution >= 0.6 is 0 Å². The van der Waals surface area contributed by atoms with Crippen molar-refractivity contribution in [2.45, 2.75) is 10.9 Å². The lowest BCUT2D eigenvalue weighted by Crippen LogP contribution is -2.59. The monoisotopic (exact) mass is 318 g/mol. The standard InChI is InChI=1S/C13H16F2N2O3S/c14-10-1-2-13(12(15)7-10)21(18,19)17-4-3-16-5-6-20-9-11(16)8-17/h1-2,7,11H,3-6,8-9H2/t11-/m1/s1. The fourth-order valence-electron chi connectivity index (χ4n) is 2.76. The summed E-state index contributed by atoms with van der Waals surface area (Å²) in [7, 11) is -3.95. The van der Waals surface area contributed by atoms with Crippen molar-refractivity contribution in [1.82, 2.24) is 9.21 Å². The summed E-state index contributed by atoms with van der Waals surface area (Å²) in [5, 5.41) is 0. The largest absolute Gasteiger partial charge is 0.378 e. The molecule has 1 atom stereocenters. The summed E-state index contributed by atoms with van der Waals surface area (Å²) >= 11 is 0. The highest BCUT2D eigenvalue weighted by Crippen LogP contribution is 2.24. The van der Waals surface area contributed by atoms with Gasteiger partial charge in [0.25, 0.3) is 0 Å². The molecule has 0 radical (unpaired) electrons. The van der Waals surface area contributed by atoms with Crippen LogP contribution in [0.5, 0.6) is 0 Å². The van der Waals surface area contributed by atoms with Crippen LogP contribution in [0.4, 0.5) is 8.78 Å². The third-order valence-corrected chi connectivity index (χ3v) is 5.81. The molecular weight excluding hydrogens is 302 g/mol. The molecule has 2 saturated heterocycles. The zero-order valence-corrected chi connectivity index (χ0v) is 12.2. The third kappa shape index (κ3) is 2.80. The number of morpholine rings is 1. The first-order valence-corrected chi connectivity index (χ1v) is 8.19. The van der Waals surface area contributed by atoms with Gasteiger partial charge in [-0.3, -0.25) is 4.90 Å². The van der Waals surface area contributed by atoms with Crippen molar-refractivity contribution in [1.29, 1.82) is 0 Å². The van der Waals surface area contributed by atoms with E-state index in [2.05, 4.69) is 4.90 Å². The van der Waals surface area contributed by atoms with Gasteiger partial charge in [-0.1, -0.05) is 0 Å². The van der Waals surface area contributed by atoms with Crippen molar-refractivity contribution >= 4 is 10.0 Å². The Labute approximate surface area is 122 Å².